The van der Waals surface area contributed by atoms with Crippen molar-refractivity contribution >= 4 is 34.0 Å². The van der Waals surface area contributed by atoms with Crippen LogP contribution in [0.1, 0.15) is 16.1 Å². The van der Waals surface area contributed by atoms with Gasteiger partial charge in [0.05, 0.1) is 11.4 Å². The number of hydrogen-bond donors (Lipinski definition) is 1. The van der Waals surface area contributed by atoms with E-state index in [9.17, 15) is 9.59 Å². The predicted molar refractivity (Wildman–Crippen MR) is 119 cm³/mol. The van der Waals surface area contributed by atoms with Crippen LogP contribution in [-0.4, -0.2) is 41.4 Å². The number of nitrogens with one attached hydrogen (secondary N) is 1. The van der Waals surface area contributed by atoms with Crippen LogP contribution >= 0.6 is 11.3 Å². The van der Waals surface area contributed by atoms with E-state index in [0.29, 0.717) is 16.6 Å². The second-order valence-electron chi connectivity index (χ2n) is 7.62. The monoisotopic (exact) mass is 434 g/mol. The maximum absolute atomic E-state index is 12.7. The first-order chi connectivity index (χ1) is 15.2. The SMILES string of the molecule is O=C(CN1C(=O)COc2ccccc21)Nc1nc2c(s1)CN(Cc1ccccc1)CC2. The van der Waals surface area contributed by atoms with E-state index in [1.54, 1.807) is 12.1 Å². The Morgan fingerprint density at radius 2 is 1.94 bits per heavy atom. The van der Waals surface area contributed by atoms with Crippen molar-refractivity contribution in [2.45, 2.75) is 19.5 Å². The van der Waals surface area contributed by atoms with Gasteiger partial charge >= 0.3 is 0 Å². The highest BCUT2D eigenvalue weighted by Crippen LogP contribution is 2.32. The highest BCUT2D eigenvalue weighted by molar-refractivity contribution is 7.15. The number of fused-ring (bicyclic) bond motifs is 2. The van der Waals surface area contributed by atoms with Crippen molar-refractivity contribution in [3.63, 3.8) is 0 Å². The third-order valence-electron chi connectivity index (χ3n) is 5.42. The number of aromatic nitrogens is 1. The Morgan fingerprint density at radius 1 is 1.13 bits per heavy atom. The fourth-order valence-electron chi connectivity index (χ4n) is 3.91. The van der Waals surface area contributed by atoms with E-state index < -0.39 is 0 Å². The van der Waals surface area contributed by atoms with Gasteiger partial charge in [-0.05, 0) is 17.7 Å². The number of amides is 2. The van der Waals surface area contributed by atoms with E-state index in [0.717, 1.165) is 31.7 Å². The zero-order valence-electron chi connectivity index (χ0n) is 16.9. The molecular weight excluding hydrogens is 412 g/mol. The van der Waals surface area contributed by atoms with Gasteiger partial charge in [-0.2, -0.15) is 0 Å². The van der Waals surface area contributed by atoms with Crippen LogP contribution in [-0.2, 0) is 29.1 Å². The van der Waals surface area contributed by atoms with Crippen LogP contribution < -0.4 is 15.0 Å². The summed E-state index contributed by atoms with van der Waals surface area (Å²) in [5, 5.41) is 3.47. The van der Waals surface area contributed by atoms with Gasteiger partial charge in [-0.1, -0.05) is 42.5 Å². The smallest absolute Gasteiger partial charge is 0.265 e. The van der Waals surface area contributed by atoms with Gasteiger partial charge in [0.2, 0.25) is 5.91 Å². The van der Waals surface area contributed by atoms with Crippen molar-refractivity contribution < 1.29 is 14.3 Å². The largest absolute Gasteiger partial charge is 0.482 e. The summed E-state index contributed by atoms with van der Waals surface area (Å²) >= 11 is 1.51. The summed E-state index contributed by atoms with van der Waals surface area (Å²) in [6.07, 6.45) is 0.865. The van der Waals surface area contributed by atoms with Crippen LogP contribution in [0.3, 0.4) is 0 Å². The highest BCUT2D eigenvalue weighted by Gasteiger charge is 2.28. The Kier molecular flexibility index (Phi) is 5.40. The molecule has 0 fully saturated rings. The number of nitrogens with zero attached hydrogens (tertiary/aromatic N) is 3. The van der Waals surface area contributed by atoms with Crippen LogP contribution in [0.5, 0.6) is 5.75 Å². The molecule has 158 valence electrons. The van der Waals surface area contributed by atoms with E-state index in [1.165, 1.54) is 26.7 Å². The van der Waals surface area contributed by atoms with E-state index in [-0.39, 0.29) is 25.0 Å². The summed E-state index contributed by atoms with van der Waals surface area (Å²) in [5.74, 6) is 0.110. The lowest BCUT2D eigenvalue weighted by molar-refractivity contribution is -0.123. The fraction of sp³-hybridized carbons (Fsp3) is 0.261. The molecule has 8 heteroatoms. The summed E-state index contributed by atoms with van der Waals surface area (Å²) in [7, 11) is 0. The van der Waals surface area contributed by atoms with Gasteiger partial charge in [0, 0.05) is 30.9 Å². The van der Waals surface area contributed by atoms with Gasteiger partial charge in [0.25, 0.3) is 5.91 Å². The number of hydrogen-bond acceptors (Lipinski definition) is 6. The van der Waals surface area contributed by atoms with E-state index in [1.807, 2.05) is 18.2 Å². The number of anilines is 2. The molecule has 3 heterocycles. The van der Waals surface area contributed by atoms with Crippen molar-refractivity contribution in [3.05, 3.63) is 70.7 Å². The lowest BCUT2D eigenvalue weighted by atomic mass is 10.1. The molecule has 2 aliphatic heterocycles. The summed E-state index contributed by atoms with van der Waals surface area (Å²) in [6, 6.07) is 17.7. The van der Waals surface area contributed by atoms with Gasteiger partial charge in [0.15, 0.2) is 11.7 Å². The summed E-state index contributed by atoms with van der Waals surface area (Å²) in [5.41, 5.74) is 2.96. The predicted octanol–water partition coefficient (Wildman–Crippen LogP) is 3.07. The van der Waals surface area contributed by atoms with E-state index in [4.69, 9.17) is 4.74 Å². The molecule has 0 saturated carbocycles. The zero-order valence-corrected chi connectivity index (χ0v) is 17.7. The normalized spacial score (nSPS) is 15.7. The van der Waals surface area contributed by atoms with Crippen molar-refractivity contribution in [2.24, 2.45) is 0 Å². The van der Waals surface area contributed by atoms with Crippen molar-refractivity contribution in [1.82, 2.24) is 9.88 Å². The number of para-hydroxylation sites is 2. The molecule has 1 aromatic heterocycles. The Balaban J connectivity index is 1.23. The first kappa shape index (κ1) is 19.7. The molecule has 0 unspecified atom stereocenters. The minimum atomic E-state index is -0.266. The van der Waals surface area contributed by atoms with Crippen LogP contribution in [0.4, 0.5) is 10.8 Å². The minimum absolute atomic E-state index is 0.0624. The van der Waals surface area contributed by atoms with Crippen LogP contribution in [0.15, 0.2) is 54.6 Å². The minimum Gasteiger partial charge on any atom is -0.482 e. The average molecular weight is 435 g/mol. The third-order valence-corrected chi connectivity index (χ3v) is 6.41. The number of ether oxygens (including phenoxy) is 1. The molecule has 0 atom stereocenters. The van der Waals surface area contributed by atoms with Gasteiger partial charge < -0.3 is 10.1 Å². The quantitative estimate of drug-likeness (QED) is 0.668. The second-order valence-corrected chi connectivity index (χ2v) is 8.70. The lowest BCUT2D eigenvalue weighted by Crippen LogP contribution is -2.43. The standard InChI is InChI=1S/C23H22N4O3S/c28-21(14-27-18-8-4-5-9-19(18)30-15-22(27)29)25-23-24-17-10-11-26(13-20(17)31-23)12-16-6-2-1-3-7-16/h1-9H,10-15H2,(H,24,25,28). The molecule has 0 radical (unpaired) electrons. The molecule has 0 spiro atoms. The van der Waals surface area contributed by atoms with Gasteiger partial charge in [-0.15, -0.1) is 11.3 Å². The average Bonchev–Trinajstić information content (AvgIpc) is 3.18. The van der Waals surface area contributed by atoms with Crippen LogP contribution in [0.25, 0.3) is 0 Å². The first-order valence-electron chi connectivity index (χ1n) is 10.2. The zero-order chi connectivity index (χ0) is 21.2. The molecule has 2 amide bonds. The number of benzene rings is 2. The number of thiazole rings is 1. The van der Waals surface area contributed by atoms with Crippen molar-refractivity contribution in [3.8, 4) is 5.75 Å². The van der Waals surface area contributed by atoms with E-state index in [2.05, 4.69) is 39.5 Å². The molecule has 0 saturated heterocycles. The van der Waals surface area contributed by atoms with Crippen molar-refractivity contribution in [2.75, 3.05) is 29.9 Å². The highest BCUT2D eigenvalue weighted by atomic mass is 32.1. The maximum atomic E-state index is 12.7. The summed E-state index contributed by atoms with van der Waals surface area (Å²) in [4.78, 5) is 34.6. The lowest BCUT2D eigenvalue weighted by Gasteiger charge is -2.28. The molecule has 1 N–H and O–H groups in total. The van der Waals surface area contributed by atoms with Crippen molar-refractivity contribution in [1.29, 1.82) is 0 Å². The Labute approximate surface area is 184 Å². The van der Waals surface area contributed by atoms with Gasteiger partial charge in [-0.25, -0.2) is 4.98 Å². The topological polar surface area (TPSA) is 74.8 Å². The Bertz CT molecular complexity index is 1120. The van der Waals surface area contributed by atoms with Crippen LogP contribution in [0.2, 0.25) is 0 Å². The summed E-state index contributed by atoms with van der Waals surface area (Å²) in [6.45, 7) is 2.54. The molecule has 31 heavy (non-hydrogen) atoms. The fourth-order valence-corrected chi connectivity index (χ4v) is 4.97. The molecular formula is C23H22N4O3S. The maximum Gasteiger partial charge on any atom is 0.265 e. The molecule has 2 aromatic carbocycles. The second kappa shape index (κ2) is 8.49. The molecule has 3 aromatic rings. The Hall–Kier alpha value is -3.23. The summed E-state index contributed by atoms with van der Waals surface area (Å²) < 4.78 is 5.44. The molecule has 2 aliphatic rings. The van der Waals surface area contributed by atoms with Crippen LogP contribution in [0, 0.1) is 0 Å². The molecule has 0 bridgehead atoms. The number of rotatable bonds is 5. The van der Waals surface area contributed by atoms with Gasteiger partial charge in [-0.3, -0.25) is 19.4 Å². The molecule has 7 nitrogen and oxygen atoms in total. The molecule has 0 aliphatic carbocycles. The number of carbonyl (C=O) groups is 2. The molecule has 5 rings (SSSR count). The third kappa shape index (κ3) is 4.30. The first-order valence-corrected chi connectivity index (χ1v) is 11.0. The van der Waals surface area contributed by atoms with Gasteiger partial charge in [0.1, 0.15) is 12.3 Å². The Morgan fingerprint density at radius 3 is 2.81 bits per heavy atom. The van der Waals surface area contributed by atoms with E-state index >= 15 is 0 Å². The number of carbonyl (C=O) groups excluding carboxylic acids is 2.